The van der Waals surface area contributed by atoms with Crippen molar-refractivity contribution >= 4 is 18.0 Å². The molecular formula is C22H31F3N2O8. The third-order valence-electron chi connectivity index (χ3n) is 4.51. The second-order valence-electron chi connectivity index (χ2n) is 8.38. The van der Waals surface area contributed by atoms with Gasteiger partial charge in [0.05, 0.1) is 0 Å². The highest BCUT2D eigenvalue weighted by atomic mass is 19.4. The first kappa shape index (κ1) is 30.1. The molecule has 0 aromatic heterocycles. The summed E-state index contributed by atoms with van der Waals surface area (Å²) >= 11 is 0. The van der Waals surface area contributed by atoms with Crippen LogP contribution in [0.3, 0.4) is 0 Å². The van der Waals surface area contributed by atoms with E-state index in [4.69, 9.17) is 28.8 Å². The molecule has 1 fully saturated rings. The number of alkyl carbamates (subject to hydrolysis) is 1. The van der Waals surface area contributed by atoms with Gasteiger partial charge in [0.2, 0.25) is 0 Å². The molecule has 35 heavy (non-hydrogen) atoms. The molecule has 0 aliphatic carbocycles. The summed E-state index contributed by atoms with van der Waals surface area (Å²) in [6.07, 6.45) is -8.13. The summed E-state index contributed by atoms with van der Waals surface area (Å²) in [6, 6.07) is 9.58. The molecule has 2 rings (SSSR count). The van der Waals surface area contributed by atoms with Gasteiger partial charge in [-0.25, -0.2) is 9.59 Å². The van der Waals surface area contributed by atoms with Crippen molar-refractivity contribution in [1.82, 2.24) is 10.6 Å². The minimum atomic E-state index is -5.08. The van der Waals surface area contributed by atoms with Gasteiger partial charge >= 0.3 is 18.2 Å². The van der Waals surface area contributed by atoms with E-state index in [-0.39, 0.29) is 12.5 Å². The molecule has 1 aliphatic heterocycles. The predicted octanol–water partition coefficient (Wildman–Crippen LogP) is 2.26. The molecule has 1 aromatic carbocycles. The summed E-state index contributed by atoms with van der Waals surface area (Å²) in [7, 11) is 3.02. The van der Waals surface area contributed by atoms with Gasteiger partial charge in [-0.15, -0.1) is 0 Å². The molecule has 4 atom stereocenters. The van der Waals surface area contributed by atoms with Gasteiger partial charge in [0, 0.05) is 27.3 Å². The van der Waals surface area contributed by atoms with Crippen molar-refractivity contribution in [3.8, 4) is 0 Å². The van der Waals surface area contributed by atoms with Crippen LogP contribution in [-0.4, -0.2) is 80.0 Å². The van der Waals surface area contributed by atoms with E-state index in [2.05, 4.69) is 10.6 Å². The Kier molecular flexibility index (Phi) is 11.4. The highest BCUT2D eigenvalue weighted by Crippen LogP contribution is 2.26. The van der Waals surface area contributed by atoms with E-state index in [1.165, 1.54) is 14.2 Å². The zero-order chi connectivity index (χ0) is 26.8. The van der Waals surface area contributed by atoms with E-state index in [0.29, 0.717) is 6.54 Å². The first-order valence-corrected chi connectivity index (χ1v) is 10.5. The number of benzene rings is 1. The number of methoxy groups -OCH3 is 2. The lowest BCUT2D eigenvalue weighted by molar-refractivity contribution is -0.192. The first-order chi connectivity index (χ1) is 16.2. The normalized spacial score (nSPS) is 21.9. The van der Waals surface area contributed by atoms with Gasteiger partial charge < -0.3 is 34.7 Å². The number of ether oxygens (including phenoxy) is 4. The van der Waals surface area contributed by atoms with Gasteiger partial charge in [-0.05, 0) is 26.3 Å². The number of rotatable bonds is 7. The van der Waals surface area contributed by atoms with Crippen LogP contribution in [0.25, 0.3) is 0 Å². The maximum absolute atomic E-state index is 12.6. The summed E-state index contributed by atoms with van der Waals surface area (Å²) in [6.45, 7) is 5.87. The minimum absolute atomic E-state index is 0.135. The Bertz CT molecular complexity index is 830. The molecule has 1 heterocycles. The van der Waals surface area contributed by atoms with Crippen LogP contribution in [0.2, 0.25) is 0 Å². The van der Waals surface area contributed by atoms with Gasteiger partial charge in [0.25, 0.3) is 5.91 Å². The van der Waals surface area contributed by atoms with Crippen molar-refractivity contribution in [2.24, 2.45) is 0 Å². The molecule has 198 valence electrons. The standard InChI is InChI=1S/C20H30N2O6.C2HF3O2/c1-20(2,3)28-19(24)22-12-14-15(25-4)16(26-5)17(27-14)18(23)21-11-13-9-7-6-8-10-13;3-2(4,5)1(6)7/h6-10,14-17H,11-12H2,1-5H3,(H,21,23)(H,22,24);(H,6,7)/t14-,15-,16+,17+;/m1./s1. The summed E-state index contributed by atoms with van der Waals surface area (Å²) < 4.78 is 53.8. The van der Waals surface area contributed by atoms with Crippen LogP contribution in [0.4, 0.5) is 18.0 Å². The topological polar surface area (TPSA) is 132 Å². The van der Waals surface area contributed by atoms with E-state index >= 15 is 0 Å². The third-order valence-corrected chi connectivity index (χ3v) is 4.51. The SMILES string of the molecule is CO[C@H]1[C@H](OC)[C@@H](CNC(=O)OC(C)(C)C)O[C@@H]1C(=O)NCc1ccccc1.O=C(O)C(F)(F)F. The molecule has 1 aliphatic rings. The fraction of sp³-hybridized carbons (Fsp3) is 0.591. The lowest BCUT2D eigenvalue weighted by atomic mass is 10.1. The molecule has 0 bridgehead atoms. The van der Waals surface area contributed by atoms with Crippen molar-refractivity contribution in [3.05, 3.63) is 35.9 Å². The Balaban J connectivity index is 0.000000762. The van der Waals surface area contributed by atoms with Crippen molar-refractivity contribution in [3.63, 3.8) is 0 Å². The lowest BCUT2D eigenvalue weighted by Crippen LogP contribution is -2.45. The molecular weight excluding hydrogens is 477 g/mol. The van der Waals surface area contributed by atoms with Gasteiger partial charge in [-0.1, -0.05) is 30.3 Å². The molecule has 0 radical (unpaired) electrons. The summed E-state index contributed by atoms with van der Waals surface area (Å²) in [5.74, 6) is -3.05. The molecule has 1 aromatic rings. The highest BCUT2D eigenvalue weighted by Gasteiger charge is 2.48. The number of hydrogen-bond acceptors (Lipinski definition) is 7. The summed E-state index contributed by atoms with van der Waals surface area (Å²) in [4.78, 5) is 33.4. The Hall–Kier alpha value is -2.90. The zero-order valence-electron chi connectivity index (χ0n) is 20.0. The number of carbonyl (C=O) groups excluding carboxylic acids is 2. The molecule has 2 amide bonds. The average molecular weight is 508 g/mol. The fourth-order valence-corrected chi connectivity index (χ4v) is 3.03. The Morgan fingerprint density at radius 2 is 1.54 bits per heavy atom. The fourth-order valence-electron chi connectivity index (χ4n) is 3.03. The maximum Gasteiger partial charge on any atom is 0.490 e. The van der Waals surface area contributed by atoms with E-state index in [0.717, 1.165) is 5.56 Å². The summed E-state index contributed by atoms with van der Waals surface area (Å²) in [5, 5.41) is 12.6. The van der Waals surface area contributed by atoms with Crippen LogP contribution in [0.1, 0.15) is 26.3 Å². The monoisotopic (exact) mass is 508 g/mol. The Morgan fingerprint density at radius 1 is 1.00 bits per heavy atom. The second-order valence-corrected chi connectivity index (χ2v) is 8.38. The van der Waals surface area contributed by atoms with Crippen LogP contribution < -0.4 is 10.6 Å². The molecule has 3 N–H and O–H groups in total. The van der Waals surface area contributed by atoms with E-state index in [1.807, 2.05) is 30.3 Å². The number of alkyl halides is 3. The smallest absolute Gasteiger partial charge is 0.475 e. The van der Waals surface area contributed by atoms with Gasteiger partial charge in [-0.2, -0.15) is 13.2 Å². The maximum atomic E-state index is 12.6. The number of carboxylic acids is 1. The second kappa shape index (κ2) is 13.3. The van der Waals surface area contributed by atoms with Crippen LogP contribution in [0.5, 0.6) is 0 Å². The molecule has 1 saturated heterocycles. The first-order valence-electron chi connectivity index (χ1n) is 10.5. The van der Waals surface area contributed by atoms with Gasteiger partial charge in [0.1, 0.15) is 23.9 Å². The van der Waals surface area contributed by atoms with Crippen LogP contribution in [0.15, 0.2) is 30.3 Å². The number of aliphatic carboxylic acids is 1. The number of halogens is 3. The van der Waals surface area contributed by atoms with E-state index < -0.39 is 48.3 Å². The number of nitrogens with one attached hydrogen (secondary N) is 2. The molecule has 13 heteroatoms. The number of amides is 2. The Labute approximate surface area is 201 Å². The predicted molar refractivity (Wildman–Crippen MR) is 116 cm³/mol. The molecule has 0 saturated carbocycles. The van der Waals surface area contributed by atoms with E-state index in [9.17, 15) is 22.8 Å². The number of carbonyl (C=O) groups is 3. The minimum Gasteiger partial charge on any atom is -0.475 e. The van der Waals surface area contributed by atoms with Gasteiger partial charge in [-0.3, -0.25) is 4.79 Å². The van der Waals surface area contributed by atoms with Gasteiger partial charge in [0.15, 0.2) is 6.10 Å². The van der Waals surface area contributed by atoms with Crippen molar-refractivity contribution < 1.29 is 51.6 Å². The zero-order valence-corrected chi connectivity index (χ0v) is 20.0. The quantitative estimate of drug-likeness (QED) is 0.511. The van der Waals surface area contributed by atoms with Crippen LogP contribution in [-0.2, 0) is 35.1 Å². The number of hydrogen-bond donors (Lipinski definition) is 3. The number of carboxylic acid groups (broad SMARTS) is 1. The Morgan fingerprint density at radius 3 is 2.00 bits per heavy atom. The average Bonchev–Trinajstić information content (AvgIpc) is 3.13. The lowest BCUT2D eigenvalue weighted by Gasteiger charge is -2.23. The van der Waals surface area contributed by atoms with Crippen LogP contribution in [0, 0.1) is 0 Å². The van der Waals surface area contributed by atoms with E-state index in [1.54, 1.807) is 20.8 Å². The highest BCUT2D eigenvalue weighted by molar-refractivity contribution is 5.82. The molecule has 10 nitrogen and oxygen atoms in total. The largest absolute Gasteiger partial charge is 0.490 e. The molecule has 0 spiro atoms. The molecule has 0 unspecified atom stereocenters. The third kappa shape index (κ3) is 10.5. The van der Waals surface area contributed by atoms with Crippen molar-refractivity contribution in [1.29, 1.82) is 0 Å². The summed E-state index contributed by atoms with van der Waals surface area (Å²) in [5.41, 5.74) is 0.380. The van der Waals surface area contributed by atoms with Crippen molar-refractivity contribution in [2.75, 3.05) is 20.8 Å². The van der Waals surface area contributed by atoms with Crippen molar-refractivity contribution in [2.45, 2.75) is 63.5 Å². The van der Waals surface area contributed by atoms with Crippen LogP contribution >= 0.6 is 0 Å².